The molecule has 2 heterocycles. The maximum atomic E-state index is 5.90. The SMILES string of the molecule is Bn1cccc1/C(CCN)=C1N=C(/C=C/c2ccc(OCCCCCC)cc2)C=C\1C. The first kappa shape index (κ1) is 22.9. The molecule has 0 aliphatic carbocycles. The Labute approximate surface area is 187 Å². The van der Waals surface area contributed by atoms with Gasteiger partial charge in [-0.3, -0.25) is 0 Å². The molecule has 0 saturated carbocycles. The molecule has 0 atom stereocenters. The summed E-state index contributed by atoms with van der Waals surface area (Å²) in [6.07, 6.45) is 14.1. The van der Waals surface area contributed by atoms with Crippen LogP contribution in [0.1, 0.15) is 57.2 Å². The lowest BCUT2D eigenvalue weighted by molar-refractivity contribution is 0.305. The number of benzene rings is 1. The van der Waals surface area contributed by atoms with Gasteiger partial charge in [-0.15, -0.1) is 0 Å². The predicted molar refractivity (Wildman–Crippen MR) is 135 cm³/mol. The van der Waals surface area contributed by atoms with Crippen molar-refractivity contribution in [3.8, 4) is 5.75 Å². The van der Waals surface area contributed by atoms with Crippen LogP contribution in [0, 0.1) is 0 Å². The second kappa shape index (κ2) is 11.6. The van der Waals surface area contributed by atoms with Crippen LogP contribution < -0.4 is 10.5 Å². The number of allylic oxidation sites excluding steroid dienone is 3. The molecule has 1 aliphatic rings. The van der Waals surface area contributed by atoms with Crippen LogP contribution in [0.2, 0.25) is 0 Å². The Hall–Kier alpha value is -2.79. The second-order valence-electron chi connectivity index (χ2n) is 8.05. The summed E-state index contributed by atoms with van der Waals surface area (Å²) in [5.41, 5.74) is 12.6. The highest BCUT2D eigenvalue weighted by Gasteiger charge is 2.16. The van der Waals surface area contributed by atoms with E-state index >= 15 is 0 Å². The highest BCUT2D eigenvalue weighted by molar-refractivity contribution is 6.11. The molecule has 0 amide bonds. The highest BCUT2D eigenvalue weighted by atomic mass is 16.5. The Morgan fingerprint density at radius 3 is 2.61 bits per heavy atom. The Morgan fingerprint density at radius 2 is 1.94 bits per heavy atom. The largest absolute Gasteiger partial charge is 0.494 e. The summed E-state index contributed by atoms with van der Waals surface area (Å²) in [7, 11) is 2.06. The maximum Gasteiger partial charge on any atom is 0.223 e. The smallest absolute Gasteiger partial charge is 0.223 e. The Kier molecular flexibility index (Phi) is 8.54. The van der Waals surface area contributed by atoms with Crippen molar-refractivity contribution >= 4 is 25.3 Å². The van der Waals surface area contributed by atoms with Crippen LogP contribution in [0.5, 0.6) is 5.75 Å². The van der Waals surface area contributed by atoms with Gasteiger partial charge in [-0.25, -0.2) is 4.99 Å². The van der Waals surface area contributed by atoms with Gasteiger partial charge in [0.25, 0.3) is 0 Å². The van der Waals surface area contributed by atoms with Crippen molar-refractivity contribution in [1.29, 1.82) is 0 Å². The molecule has 2 N–H and O–H groups in total. The number of aromatic nitrogens is 1. The summed E-state index contributed by atoms with van der Waals surface area (Å²) in [5.74, 6) is 0.932. The first-order valence-corrected chi connectivity index (χ1v) is 11.4. The molecule has 162 valence electrons. The molecule has 3 rings (SSSR count). The Bertz CT molecular complexity index is 980. The molecule has 1 aliphatic heterocycles. The fraction of sp³-hybridized carbons (Fsp3) is 0.346. The van der Waals surface area contributed by atoms with Crippen molar-refractivity contribution in [2.45, 2.75) is 46.0 Å². The normalized spacial score (nSPS) is 15.3. The molecule has 31 heavy (non-hydrogen) atoms. The van der Waals surface area contributed by atoms with E-state index in [0.717, 1.165) is 42.2 Å². The fourth-order valence-corrected chi connectivity index (χ4v) is 3.79. The van der Waals surface area contributed by atoms with E-state index in [9.17, 15) is 0 Å². The average Bonchev–Trinajstić information content (AvgIpc) is 3.36. The first-order chi connectivity index (χ1) is 15.1. The minimum atomic E-state index is 0.602. The minimum absolute atomic E-state index is 0.602. The van der Waals surface area contributed by atoms with Gasteiger partial charge in [0.05, 0.1) is 18.0 Å². The molecular weight excluding hydrogens is 381 g/mol. The van der Waals surface area contributed by atoms with E-state index in [1.165, 1.54) is 36.1 Å². The van der Waals surface area contributed by atoms with Crippen molar-refractivity contribution in [3.63, 3.8) is 0 Å². The van der Waals surface area contributed by atoms with Crippen LogP contribution >= 0.6 is 0 Å². The molecule has 0 radical (unpaired) electrons. The van der Waals surface area contributed by atoms with E-state index in [2.05, 4.69) is 75.0 Å². The van der Waals surface area contributed by atoms with E-state index in [4.69, 9.17) is 15.5 Å². The number of nitrogens with zero attached hydrogens (tertiary/aromatic N) is 2. The second-order valence-corrected chi connectivity index (χ2v) is 8.05. The molecule has 0 bridgehead atoms. The Morgan fingerprint density at radius 1 is 1.13 bits per heavy atom. The molecule has 0 saturated heterocycles. The highest BCUT2D eigenvalue weighted by Crippen LogP contribution is 2.31. The maximum absolute atomic E-state index is 5.90. The topological polar surface area (TPSA) is 52.5 Å². The van der Waals surface area contributed by atoms with Crippen LogP contribution in [0.25, 0.3) is 11.6 Å². The third kappa shape index (κ3) is 6.35. The third-order valence-corrected chi connectivity index (χ3v) is 5.51. The van der Waals surface area contributed by atoms with Crippen LogP contribution in [0.4, 0.5) is 0 Å². The number of ether oxygens (including phenoxy) is 1. The summed E-state index contributed by atoms with van der Waals surface area (Å²) in [6, 6.07) is 12.4. The minimum Gasteiger partial charge on any atom is -0.494 e. The van der Waals surface area contributed by atoms with E-state index in [1.54, 1.807) is 0 Å². The van der Waals surface area contributed by atoms with Gasteiger partial charge < -0.3 is 14.9 Å². The van der Waals surface area contributed by atoms with E-state index in [-0.39, 0.29) is 0 Å². The van der Waals surface area contributed by atoms with Gasteiger partial charge in [-0.1, -0.05) is 44.4 Å². The summed E-state index contributed by atoms with van der Waals surface area (Å²) in [5, 5.41) is 0. The summed E-state index contributed by atoms with van der Waals surface area (Å²) >= 11 is 0. The van der Waals surface area contributed by atoms with Crippen molar-refractivity contribution in [2.75, 3.05) is 13.2 Å². The lowest BCUT2D eigenvalue weighted by Crippen LogP contribution is -2.05. The third-order valence-electron chi connectivity index (χ3n) is 5.51. The predicted octanol–water partition coefficient (Wildman–Crippen LogP) is 5.02. The van der Waals surface area contributed by atoms with E-state index in [0.29, 0.717) is 6.54 Å². The first-order valence-electron chi connectivity index (χ1n) is 11.4. The fourth-order valence-electron chi connectivity index (χ4n) is 3.79. The monoisotopic (exact) mass is 415 g/mol. The molecule has 1 aromatic heterocycles. The number of nitrogens with two attached hydrogens (primary N) is 1. The molecule has 2 aromatic rings. The lowest BCUT2D eigenvalue weighted by Gasteiger charge is -2.11. The van der Waals surface area contributed by atoms with Crippen molar-refractivity contribution < 1.29 is 4.74 Å². The molecule has 0 fully saturated rings. The standard InChI is InChI=1S/C26H34BN3O/c1-3-4-5-6-18-31-23-13-10-21(11-14-23)9-12-22-19-20(2)26(29-22)24(15-16-28)25-8-7-17-30(25)27/h7-14,17,19H,3-6,15-16,18,27-28H2,1-2H3/b12-9+,26-24-. The number of rotatable bonds is 11. The van der Waals surface area contributed by atoms with E-state index < -0.39 is 0 Å². The lowest BCUT2D eigenvalue weighted by atomic mass is 10.0. The summed E-state index contributed by atoms with van der Waals surface area (Å²) in [6.45, 7) is 5.73. The molecular formula is C26H34BN3O. The summed E-state index contributed by atoms with van der Waals surface area (Å²) < 4.78 is 7.96. The van der Waals surface area contributed by atoms with Gasteiger partial charge in [0.1, 0.15) is 5.75 Å². The zero-order chi connectivity index (χ0) is 22.1. The van der Waals surface area contributed by atoms with Crippen molar-refractivity contribution in [2.24, 2.45) is 10.7 Å². The average molecular weight is 415 g/mol. The van der Waals surface area contributed by atoms with E-state index in [1.807, 2.05) is 12.1 Å². The number of unbranched alkanes of at least 4 members (excludes halogenated alkanes) is 3. The van der Waals surface area contributed by atoms with Gasteiger partial charge in [0, 0.05) is 11.3 Å². The quantitative estimate of drug-likeness (QED) is 0.414. The molecule has 0 unspecified atom stereocenters. The molecule has 0 spiro atoms. The van der Waals surface area contributed by atoms with Crippen molar-refractivity contribution in [1.82, 2.24) is 4.48 Å². The van der Waals surface area contributed by atoms with Crippen LogP contribution in [-0.4, -0.2) is 31.3 Å². The van der Waals surface area contributed by atoms with Gasteiger partial charge in [-0.05, 0) is 80.1 Å². The van der Waals surface area contributed by atoms with Crippen LogP contribution in [0.15, 0.2) is 71.0 Å². The number of aliphatic imine (C=N–C) groups is 1. The molecule has 5 heteroatoms. The van der Waals surface area contributed by atoms with Gasteiger partial charge in [0.15, 0.2) is 0 Å². The number of hydrogen-bond donors (Lipinski definition) is 1. The molecule has 1 aromatic carbocycles. The zero-order valence-corrected chi connectivity index (χ0v) is 19.1. The van der Waals surface area contributed by atoms with Gasteiger partial charge in [0.2, 0.25) is 7.98 Å². The zero-order valence-electron chi connectivity index (χ0n) is 19.1. The molecule has 4 nitrogen and oxygen atoms in total. The summed E-state index contributed by atoms with van der Waals surface area (Å²) in [4.78, 5) is 4.91. The van der Waals surface area contributed by atoms with Gasteiger partial charge >= 0.3 is 0 Å². The van der Waals surface area contributed by atoms with Crippen LogP contribution in [0.3, 0.4) is 0 Å². The van der Waals surface area contributed by atoms with Crippen molar-refractivity contribution in [3.05, 3.63) is 77.3 Å². The Balaban J connectivity index is 1.68. The van der Waals surface area contributed by atoms with Gasteiger partial charge in [-0.2, -0.15) is 0 Å². The number of hydrogen-bond acceptors (Lipinski definition) is 3. The van der Waals surface area contributed by atoms with Crippen LogP contribution in [-0.2, 0) is 0 Å².